The van der Waals surface area contributed by atoms with Crippen LogP contribution in [0.5, 0.6) is 0 Å². The van der Waals surface area contributed by atoms with E-state index in [2.05, 4.69) is 10.2 Å². The van der Waals surface area contributed by atoms with Gasteiger partial charge in [-0.25, -0.2) is 0 Å². The molecule has 2 aromatic rings. The Bertz CT molecular complexity index is 666. The standard InChI is InChI=1S/C18H21N3O2.ClH/c19-15-12-21(10-11-23-13-14-6-2-1-3-7-14)17-9-5-4-8-16(17)20-18(15)22;/h1-9,15H,10-13,19H2,(H,20,22);1H/t15-;/m0./s1. The van der Waals surface area contributed by atoms with Crippen molar-refractivity contribution in [1.29, 1.82) is 0 Å². The maximum absolute atomic E-state index is 11.9. The zero-order valence-corrected chi connectivity index (χ0v) is 14.2. The molecule has 24 heavy (non-hydrogen) atoms. The Morgan fingerprint density at radius 1 is 1.12 bits per heavy atom. The van der Waals surface area contributed by atoms with Crippen LogP contribution in [-0.2, 0) is 16.1 Å². The molecule has 3 rings (SSSR count). The molecule has 0 aliphatic carbocycles. The third-order valence-electron chi connectivity index (χ3n) is 3.87. The highest BCUT2D eigenvalue weighted by atomic mass is 35.5. The molecule has 0 fully saturated rings. The SMILES string of the molecule is Cl.N[C@H]1CN(CCOCc2ccccc2)c2ccccc2NC1=O. The van der Waals surface area contributed by atoms with Crippen LogP contribution in [0, 0.1) is 0 Å². The Morgan fingerprint density at radius 2 is 1.83 bits per heavy atom. The predicted molar refractivity (Wildman–Crippen MR) is 98.6 cm³/mol. The lowest BCUT2D eigenvalue weighted by Crippen LogP contribution is -2.44. The summed E-state index contributed by atoms with van der Waals surface area (Å²) < 4.78 is 5.75. The third-order valence-corrected chi connectivity index (χ3v) is 3.87. The van der Waals surface area contributed by atoms with Crippen LogP contribution in [0.15, 0.2) is 54.6 Å². The summed E-state index contributed by atoms with van der Waals surface area (Å²) in [4.78, 5) is 14.0. The first-order chi connectivity index (χ1) is 11.2. The van der Waals surface area contributed by atoms with Crippen LogP contribution in [0.2, 0.25) is 0 Å². The zero-order chi connectivity index (χ0) is 16.1. The van der Waals surface area contributed by atoms with Crippen LogP contribution in [0.1, 0.15) is 5.56 Å². The number of amides is 1. The van der Waals surface area contributed by atoms with Crippen molar-refractivity contribution in [3.05, 3.63) is 60.2 Å². The summed E-state index contributed by atoms with van der Waals surface area (Å²) in [6, 6.07) is 17.3. The molecule has 5 nitrogen and oxygen atoms in total. The summed E-state index contributed by atoms with van der Waals surface area (Å²) in [5.74, 6) is -0.148. The number of ether oxygens (including phenoxy) is 1. The van der Waals surface area contributed by atoms with Crippen LogP contribution in [0.4, 0.5) is 11.4 Å². The van der Waals surface area contributed by atoms with Gasteiger partial charge in [-0.05, 0) is 17.7 Å². The van der Waals surface area contributed by atoms with Crippen molar-refractivity contribution in [2.45, 2.75) is 12.6 Å². The predicted octanol–water partition coefficient (Wildman–Crippen LogP) is 2.41. The second kappa shape index (κ2) is 8.68. The number of hydrogen-bond donors (Lipinski definition) is 2. The van der Waals surface area contributed by atoms with E-state index in [9.17, 15) is 4.79 Å². The normalized spacial score (nSPS) is 16.6. The van der Waals surface area contributed by atoms with Gasteiger partial charge in [0.25, 0.3) is 0 Å². The van der Waals surface area contributed by atoms with E-state index < -0.39 is 6.04 Å². The monoisotopic (exact) mass is 347 g/mol. The number of nitrogens with one attached hydrogen (secondary N) is 1. The maximum Gasteiger partial charge on any atom is 0.243 e. The van der Waals surface area contributed by atoms with E-state index in [0.29, 0.717) is 26.3 Å². The number of fused-ring (bicyclic) bond motifs is 1. The average molecular weight is 348 g/mol. The molecule has 0 bridgehead atoms. The fourth-order valence-corrected chi connectivity index (χ4v) is 2.65. The second-order valence-corrected chi connectivity index (χ2v) is 5.60. The largest absolute Gasteiger partial charge is 0.375 e. The second-order valence-electron chi connectivity index (χ2n) is 5.60. The molecule has 1 heterocycles. The topological polar surface area (TPSA) is 67.6 Å². The van der Waals surface area contributed by atoms with Gasteiger partial charge in [0.2, 0.25) is 5.91 Å². The quantitative estimate of drug-likeness (QED) is 0.815. The Kier molecular flexibility index (Phi) is 6.61. The molecule has 0 aromatic heterocycles. The molecule has 128 valence electrons. The summed E-state index contributed by atoms with van der Waals surface area (Å²) >= 11 is 0. The lowest BCUT2D eigenvalue weighted by Gasteiger charge is -2.25. The molecule has 0 saturated heterocycles. The molecule has 0 radical (unpaired) electrons. The summed E-state index contributed by atoms with van der Waals surface area (Å²) in [7, 11) is 0. The van der Waals surface area contributed by atoms with Crippen molar-refractivity contribution >= 4 is 29.7 Å². The molecule has 1 amide bonds. The lowest BCUT2D eigenvalue weighted by atomic mass is 10.2. The maximum atomic E-state index is 11.9. The highest BCUT2D eigenvalue weighted by Gasteiger charge is 2.24. The van der Waals surface area contributed by atoms with Crippen LogP contribution < -0.4 is 16.0 Å². The molecule has 1 aliphatic heterocycles. The number of nitrogens with two attached hydrogens (primary N) is 1. The van der Waals surface area contributed by atoms with Gasteiger partial charge >= 0.3 is 0 Å². The molecule has 3 N–H and O–H groups in total. The van der Waals surface area contributed by atoms with E-state index in [1.807, 2.05) is 54.6 Å². The minimum absolute atomic E-state index is 0. The number of carbonyl (C=O) groups excluding carboxylic acids is 1. The van der Waals surface area contributed by atoms with Crippen LogP contribution in [-0.4, -0.2) is 31.6 Å². The van der Waals surface area contributed by atoms with Crippen molar-refractivity contribution in [1.82, 2.24) is 0 Å². The van der Waals surface area contributed by atoms with E-state index in [4.69, 9.17) is 10.5 Å². The number of para-hydroxylation sites is 2. The molecule has 0 spiro atoms. The minimum Gasteiger partial charge on any atom is -0.375 e. The van der Waals surface area contributed by atoms with Crippen molar-refractivity contribution in [2.24, 2.45) is 5.73 Å². The van der Waals surface area contributed by atoms with E-state index in [-0.39, 0.29) is 18.3 Å². The van der Waals surface area contributed by atoms with Crippen molar-refractivity contribution in [3.8, 4) is 0 Å². The fraction of sp³-hybridized carbons (Fsp3) is 0.278. The van der Waals surface area contributed by atoms with Gasteiger partial charge in [0.1, 0.15) is 6.04 Å². The number of halogens is 1. The first-order valence-corrected chi connectivity index (χ1v) is 7.76. The van der Waals surface area contributed by atoms with Gasteiger partial charge in [-0.15, -0.1) is 12.4 Å². The Labute approximate surface area is 148 Å². The molecular formula is C18H22ClN3O2. The van der Waals surface area contributed by atoms with E-state index in [0.717, 1.165) is 16.9 Å². The fourth-order valence-electron chi connectivity index (χ4n) is 2.65. The van der Waals surface area contributed by atoms with Gasteiger partial charge < -0.3 is 20.7 Å². The number of rotatable bonds is 5. The van der Waals surface area contributed by atoms with Crippen molar-refractivity contribution < 1.29 is 9.53 Å². The molecule has 1 aliphatic rings. The van der Waals surface area contributed by atoms with Gasteiger partial charge in [0.05, 0.1) is 24.6 Å². The van der Waals surface area contributed by atoms with Crippen LogP contribution in [0.25, 0.3) is 0 Å². The van der Waals surface area contributed by atoms with Gasteiger partial charge in [-0.3, -0.25) is 4.79 Å². The van der Waals surface area contributed by atoms with Gasteiger partial charge in [0.15, 0.2) is 0 Å². The molecule has 6 heteroatoms. The van der Waals surface area contributed by atoms with Crippen molar-refractivity contribution in [3.63, 3.8) is 0 Å². The van der Waals surface area contributed by atoms with Gasteiger partial charge in [-0.1, -0.05) is 42.5 Å². The molecule has 0 unspecified atom stereocenters. The smallest absolute Gasteiger partial charge is 0.243 e. The van der Waals surface area contributed by atoms with E-state index in [1.165, 1.54) is 0 Å². The Balaban J connectivity index is 0.00000208. The number of benzene rings is 2. The number of hydrogen-bond acceptors (Lipinski definition) is 4. The number of anilines is 2. The Hall–Kier alpha value is -2.08. The highest BCUT2D eigenvalue weighted by molar-refractivity contribution is 5.99. The molecule has 1 atom stereocenters. The minimum atomic E-state index is -0.545. The molecular weight excluding hydrogens is 326 g/mol. The third kappa shape index (κ3) is 4.47. The van der Waals surface area contributed by atoms with E-state index in [1.54, 1.807) is 0 Å². The summed E-state index contributed by atoms with van der Waals surface area (Å²) in [6.07, 6.45) is 0. The summed E-state index contributed by atoms with van der Waals surface area (Å²) in [5, 5.41) is 2.87. The number of nitrogens with zero attached hydrogens (tertiary/aromatic N) is 1. The first-order valence-electron chi connectivity index (χ1n) is 7.76. The van der Waals surface area contributed by atoms with Gasteiger partial charge in [-0.2, -0.15) is 0 Å². The number of carbonyl (C=O) groups is 1. The van der Waals surface area contributed by atoms with Crippen molar-refractivity contribution in [2.75, 3.05) is 29.9 Å². The molecule has 0 saturated carbocycles. The van der Waals surface area contributed by atoms with Gasteiger partial charge in [0, 0.05) is 13.1 Å². The highest BCUT2D eigenvalue weighted by Crippen LogP contribution is 2.27. The average Bonchev–Trinajstić information content (AvgIpc) is 2.70. The zero-order valence-electron chi connectivity index (χ0n) is 13.4. The summed E-state index contributed by atoms with van der Waals surface area (Å²) in [6.45, 7) is 2.33. The van der Waals surface area contributed by atoms with E-state index >= 15 is 0 Å². The van der Waals surface area contributed by atoms with Crippen LogP contribution in [0.3, 0.4) is 0 Å². The summed E-state index contributed by atoms with van der Waals surface area (Å²) in [5.41, 5.74) is 8.88. The Morgan fingerprint density at radius 3 is 2.62 bits per heavy atom. The molecule has 2 aromatic carbocycles. The van der Waals surface area contributed by atoms with Crippen LogP contribution >= 0.6 is 12.4 Å². The first kappa shape index (κ1) is 18.3. The lowest BCUT2D eigenvalue weighted by molar-refractivity contribution is -0.117.